The highest BCUT2D eigenvalue weighted by atomic mass is 16.1. The fourth-order valence-corrected chi connectivity index (χ4v) is 2.59. The van der Waals surface area contributed by atoms with E-state index < -0.39 is 0 Å². The molecule has 0 heterocycles. The van der Waals surface area contributed by atoms with Gasteiger partial charge in [0.25, 0.3) is 0 Å². The van der Waals surface area contributed by atoms with Crippen LogP contribution in [0.3, 0.4) is 0 Å². The molecule has 1 fully saturated rings. The summed E-state index contributed by atoms with van der Waals surface area (Å²) in [6, 6.07) is 8.79. The maximum absolute atomic E-state index is 11.8. The van der Waals surface area contributed by atoms with E-state index in [0.29, 0.717) is 11.7 Å². The molecule has 1 atom stereocenters. The van der Waals surface area contributed by atoms with Crippen molar-refractivity contribution in [2.24, 2.45) is 5.92 Å². The Kier molecular flexibility index (Phi) is 3.98. The summed E-state index contributed by atoms with van der Waals surface area (Å²) in [4.78, 5) is 11.8. The van der Waals surface area contributed by atoms with Crippen LogP contribution < -0.4 is 0 Å². The zero-order valence-corrected chi connectivity index (χ0v) is 10.9. The van der Waals surface area contributed by atoms with Crippen molar-refractivity contribution < 1.29 is 4.79 Å². The van der Waals surface area contributed by atoms with Crippen molar-refractivity contribution in [2.45, 2.75) is 51.9 Å². The van der Waals surface area contributed by atoms with Gasteiger partial charge in [-0.1, -0.05) is 44.5 Å². The molecule has 0 saturated heterocycles. The van der Waals surface area contributed by atoms with Crippen LogP contribution in [-0.4, -0.2) is 5.78 Å². The number of carbonyl (C=O) groups excluding carboxylic acids is 1. The molecule has 1 aromatic rings. The molecule has 0 amide bonds. The summed E-state index contributed by atoms with van der Waals surface area (Å²) < 4.78 is 0. The molecule has 1 nitrogen and oxygen atoms in total. The third kappa shape index (κ3) is 3.18. The van der Waals surface area contributed by atoms with Gasteiger partial charge in [-0.25, -0.2) is 0 Å². The van der Waals surface area contributed by atoms with E-state index in [1.165, 1.54) is 17.5 Å². The van der Waals surface area contributed by atoms with E-state index in [-0.39, 0.29) is 5.92 Å². The fraction of sp³-hybridized carbons (Fsp3) is 0.562. The van der Waals surface area contributed by atoms with E-state index in [2.05, 4.69) is 38.1 Å². The highest BCUT2D eigenvalue weighted by Crippen LogP contribution is 2.25. The Bertz CT molecular complexity index is 375. The van der Waals surface area contributed by atoms with Crippen molar-refractivity contribution in [2.75, 3.05) is 0 Å². The lowest BCUT2D eigenvalue weighted by Crippen LogP contribution is -2.21. The molecule has 0 aliphatic heterocycles. The van der Waals surface area contributed by atoms with Gasteiger partial charge in [-0.05, 0) is 36.3 Å². The standard InChI is InChI=1S/C16H22O/c1-12(2)14-9-7-13(8-10-14)11-15-5-3-4-6-16(15)17/h7-10,12,15H,3-6,11H2,1-2H3/t15-/m0/s1. The first-order valence-corrected chi connectivity index (χ1v) is 6.78. The normalized spacial score (nSPS) is 20.9. The van der Waals surface area contributed by atoms with Crippen LogP contribution in [0.25, 0.3) is 0 Å². The maximum Gasteiger partial charge on any atom is 0.136 e. The molecule has 2 rings (SSSR count). The summed E-state index contributed by atoms with van der Waals surface area (Å²) in [5.41, 5.74) is 2.69. The van der Waals surface area contributed by atoms with Crippen molar-refractivity contribution in [1.82, 2.24) is 0 Å². The zero-order chi connectivity index (χ0) is 12.3. The highest BCUT2D eigenvalue weighted by molar-refractivity contribution is 5.81. The lowest BCUT2D eigenvalue weighted by atomic mass is 9.83. The second-order valence-corrected chi connectivity index (χ2v) is 5.51. The number of carbonyl (C=O) groups is 1. The van der Waals surface area contributed by atoms with Gasteiger partial charge in [0.1, 0.15) is 5.78 Å². The highest BCUT2D eigenvalue weighted by Gasteiger charge is 2.22. The number of benzene rings is 1. The summed E-state index contributed by atoms with van der Waals surface area (Å²) >= 11 is 0. The third-order valence-corrected chi connectivity index (χ3v) is 3.81. The van der Waals surface area contributed by atoms with Crippen LogP contribution in [0.4, 0.5) is 0 Å². The molecule has 0 spiro atoms. The monoisotopic (exact) mass is 230 g/mol. The Labute approximate surface area is 104 Å². The molecule has 1 heteroatoms. The lowest BCUT2D eigenvalue weighted by molar-refractivity contribution is -0.124. The number of Topliss-reactive ketones (excluding diaryl/α,β-unsaturated/α-hetero) is 1. The number of ketones is 1. The molecule has 1 aromatic carbocycles. The second kappa shape index (κ2) is 5.48. The average molecular weight is 230 g/mol. The minimum atomic E-state index is 0.286. The molecule has 17 heavy (non-hydrogen) atoms. The van der Waals surface area contributed by atoms with Crippen molar-refractivity contribution in [3.8, 4) is 0 Å². The van der Waals surface area contributed by atoms with E-state index in [0.717, 1.165) is 25.7 Å². The largest absolute Gasteiger partial charge is 0.299 e. The van der Waals surface area contributed by atoms with Crippen molar-refractivity contribution in [1.29, 1.82) is 0 Å². The molecular formula is C16H22O. The predicted molar refractivity (Wildman–Crippen MR) is 71.2 cm³/mol. The van der Waals surface area contributed by atoms with E-state index in [1.807, 2.05) is 0 Å². The number of hydrogen-bond donors (Lipinski definition) is 0. The van der Waals surface area contributed by atoms with Gasteiger partial charge in [-0.2, -0.15) is 0 Å². The quantitative estimate of drug-likeness (QED) is 0.763. The Morgan fingerprint density at radius 2 is 1.88 bits per heavy atom. The van der Waals surface area contributed by atoms with Crippen LogP contribution in [0.5, 0.6) is 0 Å². The van der Waals surface area contributed by atoms with Gasteiger partial charge in [0.15, 0.2) is 0 Å². The Hall–Kier alpha value is -1.11. The Morgan fingerprint density at radius 3 is 2.47 bits per heavy atom. The fourth-order valence-electron chi connectivity index (χ4n) is 2.59. The minimum Gasteiger partial charge on any atom is -0.299 e. The molecule has 1 aliphatic carbocycles. The molecule has 0 aromatic heterocycles. The Morgan fingerprint density at radius 1 is 1.18 bits per heavy atom. The smallest absolute Gasteiger partial charge is 0.136 e. The first kappa shape index (κ1) is 12.3. The first-order chi connectivity index (χ1) is 8.16. The SMILES string of the molecule is CC(C)c1ccc(C[C@@H]2CCCCC2=O)cc1. The third-order valence-electron chi connectivity index (χ3n) is 3.81. The molecule has 0 bridgehead atoms. The lowest BCUT2D eigenvalue weighted by Gasteiger charge is -2.20. The molecule has 0 N–H and O–H groups in total. The van der Waals surface area contributed by atoms with Gasteiger partial charge in [-0.15, -0.1) is 0 Å². The molecule has 1 aliphatic rings. The maximum atomic E-state index is 11.8. The summed E-state index contributed by atoms with van der Waals surface area (Å²) in [7, 11) is 0. The summed E-state index contributed by atoms with van der Waals surface area (Å²) in [5.74, 6) is 1.35. The first-order valence-electron chi connectivity index (χ1n) is 6.78. The van der Waals surface area contributed by atoms with Gasteiger partial charge in [0, 0.05) is 12.3 Å². The summed E-state index contributed by atoms with van der Waals surface area (Å²) in [6.45, 7) is 4.42. The predicted octanol–water partition coefficient (Wildman–Crippen LogP) is 4.11. The van der Waals surface area contributed by atoms with Crippen molar-refractivity contribution in [3.63, 3.8) is 0 Å². The van der Waals surface area contributed by atoms with Gasteiger partial charge < -0.3 is 0 Å². The number of hydrogen-bond acceptors (Lipinski definition) is 1. The van der Waals surface area contributed by atoms with Gasteiger partial charge in [-0.3, -0.25) is 4.79 Å². The van der Waals surface area contributed by atoms with Crippen LogP contribution >= 0.6 is 0 Å². The van der Waals surface area contributed by atoms with E-state index in [4.69, 9.17) is 0 Å². The van der Waals surface area contributed by atoms with Gasteiger partial charge in [0.2, 0.25) is 0 Å². The van der Waals surface area contributed by atoms with Crippen LogP contribution in [0.15, 0.2) is 24.3 Å². The number of rotatable bonds is 3. The Balaban J connectivity index is 2.00. The molecular weight excluding hydrogens is 208 g/mol. The second-order valence-electron chi connectivity index (χ2n) is 5.51. The van der Waals surface area contributed by atoms with Crippen molar-refractivity contribution >= 4 is 5.78 Å². The van der Waals surface area contributed by atoms with Crippen molar-refractivity contribution in [3.05, 3.63) is 35.4 Å². The minimum absolute atomic E-state index is 0.286. The zero-order valence-electron chi connectivity index (χ0n) is 10.9. The molecule has 0 radical (unpaired) electrons. The van der Waals surface area contributed by atoms with Gasteiger partial charge in [0.05, 0.1) is 0 Å². The van der Waals surface area contributed by atoms with E-state index in [9.17, 15) is 4.79 Å². The van der Waals surface area contributed by atoms with E-state index >= 15 is 0 Å². The van der Waals surface area contributed by atoms with Crippen LogP contribution in [0.2, 0.25) is 0 Å². The van der Waals surface area contributed by atoms with Crippen LogP contribution in [0, 0.1) is 5.92 Å². The molecule has 1 saturated carbocycles. The summed E-state index contributed by atoms with van der Waals surface area (Å²) in [5, 5.41) is 0. The van der Waals surface area contributed by atoms with Gasteiger partial charge >= 0.3 is 0 Å². The van der Waals surface area contributed by atoms with E-state index in [1.54, 1.807) is 0 Å². The van der Waals surface area contributed by atoms with Crippen LogP contribution in [0.1, 0.15) is 56.6 Å². The van der Waals surface area contributed by atoms with Crippen LogP contribution in [-0.2, 0) is 11.2 Å². The molecule has 92 valence electrons. The average Bonchev–Trinajstić information content (AvgIpc) is 2.33. The topological polar surface area (TPSA) is 17.1 Å². The molecule has 0 unspecified atom stereocenters. The summed E-state index contributed by atoms with van der Waals surface area (Å²) in [6.07, 6.45) is 5.15.